The summed E-state index contributed by atoms with van der Waals surface area (Å²) in [6.45, 7) is 1.92. The van der Waals surface area contributed by atoms with E-state index in [1.54, 1.807) is 30.5 Å². The van der Waals surface area contributed by atoms with Gasteiger partial charge in [-0.1, -0.05) is 17.9 Å². The molecule has 0 unspecified atom stereocenters. The molecule has 0 atom stereocenters. The number of carbonyl (C=O) groups is 1. The number of rotatable bonds is 3. The topological polar surface area (TPSA) is 62.2 Å². The molecule has 0 spiro atoms. The predicted molar refractivity (Wildman–Crippen MR) is 82.0 cm³/mol. The number of anilines is 1. The third-order valence-corrected chi connectivity index (χ3v) is 2.76. The van der Waals surface area contributed by atoms with E-state index < -0.39 is 0 Å². The van der Waals surface area contributed by atoms with Gasteiger partial charge in [0.1, 0.15) is 0 Å². The van der Waals surface area contributed by atoms with E-state index in [2.05, 4.69) is 22.1 Å². The second kappa shape index (κ2) is 7.22. The number of amides is 1. The molecule has 2 aromatic rings. The molecule has 1 amide bonds. The lowest BCUT2D eigenvalue weighted by atomic mass is 10.2. The molecule has 21 heavy (non-hydrogen) atoms. The zero-order valence-electron chi connectivity index (χ0n) is 11.8. The summed E-state index contributed by atoms with van der Waals surface area (Å²) < 4.78 is 0. The summed E-state index contributed by atoms with van der Waals surface area (Å²) in [5, 5.41) is 11.5. The summed E-state index contributed by atoms with van der Waals surface area (Å²) in [6.07, 6.45) is 1.99. The molecule has 0 radical (unpaired) electrons. The molecule has 0 aliphatic carbocycles. The van der Waals surface area contributed by atoms with Crippen LogP contribution in [0.1, 0.15) is 28.0 Å². The van der Waals surface area contributed by atoms with Crippen molar-refractivity contribution in [3.63, 3.8) is 0 Å². The van der Waals surface area contributed by atoms with E-state index in [9.17, 15) is 4.79 Å². The summed E-state index contributed by atoms with van der Waals surface area (Å²) in [6, 6.07) is 10.8. The molecule has 4 nitrogen and oxygen atoms in total. The molecule has 0 aliphatic heterocycles. The van der Waals surface area contributed by atoms with Crippen molar-refractivity contribution in [3.05, 3.63) is 59.4 Å². The number of benzene rings is 1. The lowest BCUT2D eigenvalue weighted by Crippen LogP contribution is -2.12. The molecule has 0 saturated heterocycles. The van der Waals surface area contributed by atoms with Gasteiger partial charge in [0, 0.05) is 29.6 Å². The zero-order valence-corrected chi connectivity index (χ0v) is 11.8. The number of aromatic nitrogens is 1. The molecule has 106 valence electrons. The largest absolute Gasteiger partial charge is 0.395 e. The maximum absolute atomic E-state index is 12.1. The quantitative estimate of drug-likeness (QED) is 0.849. The fourth-order valence-corrected chi connectivity index (χ4v) is 1.70. The highest BCUT2D eigenvalue weighted by molar-refractivity contribution is 6.04. The van der Waals surface area contributed by atoms with Gasteiger partial charge in [0.05, 0.1) is 12.2 Å². The Morgan fingerprint density at radius 2 is 2.19 bits per heavy atom. The smallest absolute Gasteiger partial charge is 0.257 e. The van der Waals surface area contributed by atoms with Crippen LogP contribution in [0.15, 0.2) is 42.6 Å². The Bertz CT molecular complexity index is 682. The number of aryl methyl sites for hydroxylation is 1. The molecule has 1 aromatic carbocycles. The molecule has 0 bridgehead atoms. The molecule has 4 heteroatoms. The molecule has 1 aromatic heterocycles. The number of nitrogens with one attached hydrogen (secondary N) is 1. The van der Waals surface area contributed by atoms with Crippen LogP contribution < -0.4 is 5.32 Å². The summed E-state index contributed by atoms with van der Waals surface area (Å²) in [5.41, 5.74) is 2.85. The molecule has 0 fully saturated rings. The lowest BCUT2D eigenvalue weighted by molar-refractivity contribution is 0.102. The summed E-state index contributed by atoms with van der Waals surface area (Å²) in [7, 11) is 0. The van der Waals surface area contributed by atoms with E-state index in [1.165, 1.54) is 0 Å². The Morgan fingerprint density at radius 1 is 1.33 bits per heavy atom. The number of pyridine rings is 1. The third-order valence-electron chi connectivity index (χ3n) is 2.76. The first-order valence-corrected chi connectivity index (χ1v) is 6.63. The molecule has 0 aliphatic rings. The maximum atomic E-state index is 12.1. The SMILES string of the molecule is Cc1ccc(C(=O)Nc2cccc(C#CCCO)c2)cn1. The number of carbonyl (C=O) groups excluding carboxylic acids is 1. The first-order chi connectivity index (χ1) is 10.2. The van der Waals surface area contributed by atoms with Gasteiger partial charge >= 0.3 is 0 Å². The lowest BCUT2D eigenvalue weighted by Gasteiger charge is -2.05. The van der Waals surface area contributed by atoms with Crippen LogP contribution in [0, 0.1) is 18.8 Å². The van der Waals surface area contributed by atoms with E-state index >= 15 is 0 Å². The number of aliphatic hydroxyl groups is 1. The van der Waals surface area contributed by atoms with Crippen LogP contribution in [-0.4, -0.2) is 22.6 Å². The average Bonchev–Trinajstić information content (AvgIpc) is 2.48. The minimum absolute atomic E-state index is 0.0455. The van der Waals surface area contributed by atoms with E-state index in [0.717, 1.165) is 11.3 Å². The first kappa shape index (κ1) is 14.8. The first-order valence-electron chi connectivity index (χ1n) is 6.63. The molecular weight excluding hydrogens is 264 g/mol. The van der Waals surface area contributed by atoms with Crippen LogP contribution in [0.25, 0.3) is 0 Å². The minimum Gasteiger partial charge on any atom is -0.395 e. The van der Waals surface area contributed by atoms with Crippen molar-refractivity contribution in [2.24, 2.45) is 0 Å². The van der Waals surface area contributed by atoms with Crippen molar-refractivity contribution in [3.8, 4) is 11.8 Å². The Morgan fingerprint density at radius 3 is 2.90 bits per heavy atom. The second-order valence-corrected chi connectivity index (χ2v) is 4.50. The van der Waals surface area contributed by atoms with Crippen molar-refractivity contribution >= 4 is 11.6 Å². The molecular formula is C17H16N2O2. The number of hydrogen-bond acceptors (Lipinski definition) is 3. The third kappa shape index (κ3) is 4.44. The van der Waals surface area contributed by atoms with Gasteiger partial charge in [-0.15, -0.1) is 0 Å². The highest BCUT2D eigenvalue weighted by Crippen LogP contribution is 2.11. The highest BCUT2D eigenvalue weighted by atomic mass is 16.2. The Kier molecular flexibility index (Phi) is 5.08. The van der Waals surface area contributed by atoms with Gasteiger partial charge in [-0.2, -0.15) is 0 Å². The molecule has 0 saturated carbocycles. The van der Waals surface area contributed by atoms with E-state index in [0.29, 0.717) is 17.7 Å². The molecule has 2 N–H and O–H groups in total. The van der Waals surface area contributed by atoms with E-state index in [-0.39, 0.29) is 12.5 Å². The maximum Gasteiger partial charge on any atom is 0.257 e. The van der Waals surface area contributed by atoms with Crippen LogP contribution in [-0.2, 0) is 0 Å². The second-order valence-electron chi connectivity index (χ2n) is 4.50. The summed E-state index contributed by atoms with van der Waals surface area (Å²) >= 11 is 0. The Balaban J connectivity index is 2.09. The number of hydrogen-bond donors (Lipinski definition) is 2. The Hall–Kier alpha value is -2.64. The average molecular weight is 280 g/mol. The van der Waals surface area contributed by atoms with Crippen molar-refractivity contribution in [2.45, 2.75) is 13.3 Å². The van der Waals surface area contributed by atoms with Gasteiger partial charge in [-0.25, -0.2) is 0 Å². The highest BCUT2D eigenvalue weighted by Gasteiger charge is 2.06. The summed E-state index contributed by atoms with van der Waals surface area (Å²) in [4.78, 5) is 16.2. The van der Waals surface area contributed by atoms with Crippen molar-refractivity contribution in [2.75, 3.05) is 11.9 Å². The van der Waals surface area contributed by atoms with E-state index in [4.69, 9.17) is 5.11 Å². The van der Waals surface area contributed by atoms with Gasteiger partial charge in [-0.05, 0) is 37.3 Å². The molecule has 1 heterocycles. The van der Waals surface area contributed by atoms with E-state index in [1.807, 2.05) is 19.1 Å². The van der Waals surface area contributed by atoms with Crippen molar-refractivity contribution in [1.29, 1.82) is 0 Å². The zero-order chi connectivity index (χ0) is 15.1. The number of nitrogens with zero attached hydrogens (tertiary/aromatic N) is 1. The van der Waals surface area contributed by atoms with Crippen LogP contribution in [0.4, 0.5) is 5.69 Å². The monoisotopic (exact) mass is 280 g/mol. The van der Waals surface area contributed by atoms with Gasteiger partial charge in [0.25, 0.3) is 5.91 Å². The molecule has 2 rings (SSSR count). The minimum atomic E-state index is -0.206. The van der Waals surface area contributed by atoms with Gasteiger partial charge in [0.15, 0.2) is 0 Å². The standard InChI is InChI=1S/C17H16N2O2/c1-13-8-9-15(12-18-13)17(21)19-16-7-4-6-14(11-16)5-2-3-10-20/h4,6-9,11-12,20H,3,10H2,1H3,(H,19,21). The normalized spacial score (nSPS) is 9.62. The van der Waals surface area contributed by atoms with Crippen LogP contribution in [0.3, 0.4) is 0 Å². The fourth-order valence-electron chi connectivity index (χ4n) is 1.70. The summed E-state index contributed by atoms with van der Waals surface area (Å²) in [5.74, 6) is 5.57. The van der Waals surface area contributed by atoms with Crippen LogP contribution >= 0.6 is 0 Å². The van der Waals surface area contributed by atoms with Gasteiger partial charge in [-0.3, -0.25) is 9.78 Å². The Labute approximate surface area is 123 Å². The fraction of sp³-hybridized carbons (Fsp3) is 0.176. The van der Waals surface area contributed by atoms with Gasteiger partial charge < -0.3 is 10.4 Å². The predicted octanol–water partition coefficient (Wildman–Crippen LogP) is 2.38. The van der Waals surface area contributed by atoms with Crippen LogP contribution in [0.5, 0.6) is 0 Å². The number of aliphatic hydroxyl groups excluding tert-OH is 1. The van der Waals surface area contributed by atoms with Crippen molar-refractivity contribution < 1.29 is 9.90 Å². The van der Waals surface area contributed by atoms with Crippen molar-refractivity contribution in [1.82, 2.24) is 4.98 Å². The van der Waals surface area contributed by atoms with Gasteiger partial charge in [0.2, 0.25) is 0 Å². The van der Waals surface area contributed by atoms with Crippen LogP contribution in [0.2, 0.25) is 0 Å².